The largest absolute Gasteiger partial charge is 0.329 e. The topological polar surface area (TPSA) is 43.1 Å². The fourth-order valence-corrected chi connectivity index (χ4v) is 3.06. The van der Waals surface area contributed by atoms with Gasteiger partial charge in [-0.25, -0.2) is 0 Å². The van der Waals surface area contributed by atoms with Crippen LogP contribution in [-0.4, -0.2) is 12.3 Å². The van der Waals surface area contributed by atoms with E-state index < -0.39 is 0 Å². The molecular weight excluding hydrogens is 246 g/mol. The van der Waals surface area contributed by atoms with Gasteiger partial charge in [-0.2, -0.15) is 0 Å². The molecular formula is C15H20ClNO. The van der Waals surface area contributed by atoms with Crippen LogP contribution in [0.3, 0.4) is 0 Å². The Labute approximate surface area is 114 Å². The minimum Gasteiger partial charge on any atom is -0.329 e. The van der Waals surface area contributed by atoms with E-state index in [4.69, 9.17) is 17.3 Å². The zero-order valence-corrected chi connectivity index (χ0v) is 11.4. The molecule has 0 aliphatic heterocycles. The van der Waals surface area contributed by atoms with Crippen molar-refractivity contribution < 1.29 is 4.79 Å². The normalized spacial score (nSPS) is 19.2. The quantitative estimate of drug-likeness (QED) is 0.667. The number of nitrogens with two attached hydrogens (primary N) is 1. The average Bonchev–Trinajstić information content (AvgIpc) is 2.64. The first-order valence-electron chi connectivity index (χ1n) is 6.68. The molecule has 0 bridgehead atoms. The van der Waals surface area contributed by atoms with Crippen molar-refractivity contribution in [2.45, 2.75) is 38.5 Å². The molecule has 0 radical (unpaired) electrons. The first-order chi connectivity index (χ1) is 8.68. The fourth-order valence-electron chi connectivity index (χ4n) is 2.87. The van der Waals surface area contributed by atoms with Crippen LogP contribution in [0.1, 0.15) is 48.9 Å². The molecule has 98 valence electrons. The Balaban J connectivity index is 2.28. The van der Waals surface area contributed by atoms with Gasteiger partial charge >= 0.3 is 0 Å². The van der Waals surface area contributed by atoms with Crippen molar-refractivity contribution in [1.82, 2.24) is 0 Å². The molecule has 2 rings (SSSR count). The van der Waals surface area contributed by atoms with Crippen molar-refractivity contribution in [3.05, 3.63) is 34.9 Å². The minimum atomic E-state index is -0.360. The summed E-state index contributed by atoms with van der Waals surface area (Å²) < 4.78 is 0. The Morgan fingerprint density at radius 1 is 1.22 bits per heavy atom. The Bertz CT molecular complexity index is 422. The summed E-state index contributed by atoms with van der Waals surface area (Å²) >= 11 is 5.97. The van der Waals surface area contributed by atoms with Crippen molar-refractivity contribution in [2.24, 2.45) is 11.1 Å². The van der Waals surface area contributed by atoms with Crippen LogP contribution >= 0.6 is 11.6 Å². The molecule has 0 saturated heterocycles. The summed E-state index contributed by atoms with van der Waals surface area (Å²) in [5, 5.41) is 0.613. The molecule has 1 fully saturated rings. The van der Waals surface area contributed by atoms with Crippen LogP contribution in [-0.2, 0) is 0 Å². The molecule has 0 atom stereocenters. The highest BCUT2D eigenvalue weighted by Gasteiger charge is 2.37. The third-order valence-electron chi connectivity index (χ3n) is 4.02. The maximum Gasteiger partial charge on any atom is 0.170 e. The number of Topliss-reactive ketones (excluding diaryl/α,β-unsaturated/α-hetero) is 1. The van der Waals surface area contributed by atoms with E-state index in [0.29, 0.717) is 17.1 Å². The van der Waals surface area contributed by atoms with Gasteiger partial charge in [0.1, 0.15) is 0 Å². The number of hydrogen-bond donors (Lipinski definition) is 1. The summed E-state index contributed by atoms with van der Waals surface area (Å²) in [6.45, 7) is 0.443. The van der Waals surface area contributed by atoms with Gasteiger partial charge in [-0.05, 0) is 25.0 Å². The highest BCUT2D eigenvalue weighted by Crippen LogP contribution is 2.37. The zero-order chi connectivity index (χ0) is 13.0. The first kappa shape index (κ1) is 13.6. The van der Waals surface area contributed by atoms with E-state index in [0.717, 1.165) is 25.7 Å². The van der Waals surface area contributed by atoms with Gasteiger partial charge in [0.25, 0.3) is 0 Å². The van der Waals surface area contributed by atoms with Gasteiger partial charge in [0, 0.05) is 22.5 Å². The van der Waals surface area contributed by atoms with Crippen molar-refractivity contribution in [3.63, 3.8) is 0 Å². The summed E-state index contributed by atoms with van der Waals surface area (Å²) in [6, 6.07) is 7.22. The molecule has 2 N–H and O–H groups in total. The number of halogens is 1. The van der Waals surface area contributed by atoms with Crippen molar-refractivity contribution in [3.8, 4) is 0 Å². The summed E-state index contributed by atoms with van der Waals surface area (Å²) in [4.78, 5) is 12.7. The maximum absolute atomic E-state index is 12.7. The fraction of sp³-hybridized carbons (Fsp3) is 0.533. The van der Waals surface area contributed by atoms with Gasteiger partial charge in [-0.1, -0.05) is 49.4 Å². The molecule has 1 saturated carbocycles. The van der Waals surface area contributed by atoms with Gasteiger partial charge in [0.15, 0.2) is 5.78 Å². The molecule has 3 heteroatoms. The van der Waals surface area contributed by atoms with Gasteiger partial charge in [0.05, 0.1) is 0 Å². The first-order valence-corrected chi connectivity index (χ1v) is 7.06. The number of carbonyl (C=O) groups is 1. The van der Waals surface area contributed by atoms with Gasteiger partial charge in [0.2, 0.25) is 0 Å². The second-order valence-electron chi connectivity index (χ2n) is 5.24. The molecule has 0 heterocycles. The van der Waals surface area contributed by atoms with Crippen LogP contribution in [0.25, 0.3) is 0 Å². The van der Waals surface area contributed by atoms with Crippen LogP contribution in [0.2, 0.25) is 5.02 Å². The summed E-state index contributed by atoms with van der Waals surface area (Å²) in [5.74, 6) is 0.175. The Hall–Kier alpha value is -0.860. The second kappa shape index (κ2) is 5.85. The van der Waals surface area contributed by atoms with E-state index >= 15 is 0 Å². The zero-order valence-electron chi connectivity index (χ0n) is 10.6. The SMILES string of the molecule is NCC1(C(=O)c2cccc(Cl)c2)CCCCCC1. The monoisotopic (exact) mass is 265 g/mol. The predicted octanol–water partition coefficient (Wildman–Crippen LogP) is 3.82. The summed E-state index contributed by atoms with van der Waals surface area (Å²) in [7, 11) is 0. The van der Waals surface area contributed by atoms with Crippen LogP contribution in [0.5, 0.6) is 0 Å². The summed E-state index contributed by atoms with van der Waals surface area (Å²) in [5.41, 5.74) is 6.27. The van der Waals surface area contributed by atoms with E-state index in [9.17, 15) is 4.79 Å². The van der Waals surface area contributed by atoms with Crippen molar-refractivity contribution >= 4 is 17.4 Å². The second-order valence-corrected chi connectivity index (χ2v) is 5.67. The highest BCUT2D eigenvalue weighted by molar-refractivity contribution is 6.31. The molecule has 0 spiro atoms. The molecule has 2 nitrogen and oxygen atoms in total. The van der Waals surface area contributed by atoms with E-state index in [1.54, 1.807) is 12.1 Å². The average molecular weight is 266 g/mol. The van der Waals surface area contributed by atoms with Crippen LogP contribution in [0.4, 0.5) is 0 Å². The van der Waals surface area contributed by atoms with E-state index in [-0.39, 0.29) is 11.2 Å². The Morgan fingerprint density at radius 2 is 1.89 bits per heavy atom. The molecule has 0 unspecified atom stereocenters. The number of hydrogen-bond acceptors (Lipinski definition) is 2. The number of ketones is 1. The molecule has 0 amide bonds. The van der Waals surface area contributed by atoms with Crippen LogP contribution in [0.15, 0.2) is 24.3 Å². The number of carbonyl (C=O) groups excluding carboxylic acids is 1. The highest BCUT2D eigenvalue weighted by atomic mass is 35.5. The Morgan fingerprint density at radius 3 is 2.44 bits per heavy atom. The number of benzene rings is 1. The molecule has 0 aromatic heterocycles. The third kappa shape index (κ3) is 2.76. The smallest absolute Gasteiger partial charge is 0.170 e. The lowest BCUT2D eigenvalue weighted by Crippen LogP contribution is -2.38. The van der Waals surface area contributed by atoms with Crippen molar-refractivity contribution in [1.29, 1.82) is 0 Å². The maximum atomic E-state index is 12.7. The minimum absolute atomic E-state index is 0.175. The Kier molecular flexibility index (Phi) is 4.41. The van der Waals surface area contributed by atoms with Crippen LogP contribution in [0, 0.1) is 5.41 Å². The van der Waals surface area contributed by atoms with Crippen molar-refractivity contribution in [2.75, 3.05) is 6.54 Å². The number of rotatable bonds is 3. The lowest BCUT2D eigenvalue weighted by molar-refractivity contribution is 0.0774. The van der Waals surface area contributed by atoms with Gasteiger partial charge in [-0.3, -0.25) is 4.79 Å². The van der Waals surface area contributed by atoms with Gasteiger partial charge < -0.3 is 5.73 Å². The van der Waals surface area contributed by atoms with Gasteiger partial charge in [-0.15, -0.1) is 0 Å². The predicted molar refractivity (Wildman–Crippen MR) is 75.0 cm³/mol. The van der Waals surface area contributed by atoms with E-state index in [2.05, 4.69) is 0 Å². The standard InChI is InChI=1S/C15H20ClNO/c16-13-7-5-6-12(10-13)14(18)15(11-17)8-3-1-2-4-9-15/h5-7,10H,1-4,8-9,11,17H2. The molecule has 1 aliphatic carbocycles. The van der Waals surface area contributed by atoms with Crippen LogP contribution < -0.4 is 5.73 Å². The van der Waals surface area contributed by atoms with E-state index in [1.807, 2.05) is 12.1 Å². The lowest BCUT2D eigenvalue weighted by Gasteiger charge is -2.29. The van der Waals surface area contributed by atoms with E-state index in [1.165, 1.54) is 12.8 Å². The lowest BCUT2D eigenvalue weighted by atomic mass is 9.74. The molecule has 1 aliphatic rings. The molecule has 1 aromatic carbocycles. The molecule has 1 aromatic rings. The third-order valence-corrected chi connectivity index (χ3v) is 4.25. The summed E-state index contributed by atoms with van der Waals surface area (Å²) in [6.07, 6.45) is 6.45. The molecule has 18 heavy (non-hydrogen) atoms.